The first kappa shape index (κ1) is 22.2. The van der Waals surface area contributed by atoms with Gasteiger partial charge in [-0.1, -0.05) is 38.1 Å². The highest BCUT2D eigenvalue weighted by molar-refractivity contribution is 6.21. The molecule has 0 bridgehead atoms. The third-order valence-electron chi connectivity index (χ3n) is 5.38. The maximum atomic E-state index is 12.3. The van der Waals surface area contributed by atoms with Crippen molar-refractivity contribution >= 4 is 29.4 Å². The molecule has 0 spiro atoms. The summed E-state index contributed by atoms with van der Waals surface area (Å²) in [5.41, 5.74) is 2.59. The van der Waals surface area contributed by atoms with Crippen LogP contribution in [0.4, 0.5) is 5.69 Å². The summed E-state index contributed by atoms with van der Waals surface area (Å²) in [6, 6.07) is 14.2. The second-order valence-corrected chi connectivity index (χ2v) is 7.55. The topological polar surface area (TPSA) is 92.8 Å². The van der Waals surface area contributed by atoms with E-state index in [-0.39, 0.29) is 37.8 Å². The van der Waals surface area contributed by atoms with Gasteiger partial charge in [0.15, 0.2) is 6.61 Å². The Morgan fingerprint density at radius 3 is 2.19 bits per heavy atom. The zero-order valence-electron chi connectivity index (χ0n) is 17.7. The molecule has 0 radical (unpaired) electrons. The van der Waals surface area contributed by atoms with Gasteiger partial charge in [0, 0.05) is 18.7 Å². The Labute approximate surface area is 181 Å². The number of carbonyl (C=O) groups is 4. The van der Waals surface area contributed by atoms with Crippen molar-refractivity contribution in [3.8, 4) is 0 Å². The van der Waals surface area contributed by atoms with E-state index in [0.29, 0.717) is 22.7 Å². The number of anilines is 1. The molecule has 0 aromatic heterocycles. The van der Waals surface area contributed by atoms with Crippen molar-refractivity contribution in [1.29, 1.82) is 0 Å². The Balaban J connectivity index is 1.38. The first-order chi connectivity index (χ1) is 14.9. The zero-order valence-corrected chi connectivity index (χ0v) is 17.7. The number of amides is 3. The number of nitrogens with one attached hydrogen (secondary N) is 1. The van der Waals surface area contributed by atoms with Gasteiger partial charge in [-0.05, 0) is 48.6 Å². The van der Waals surface area contributed by atoms with E-state index in [2.05, 4.69) is 19.2 Å². The van der Waals surface area contributed by atoms with Gasteiger partial charge in [-0.15, -0.1) is 0 Å². The van der Waals surface area contributed by atoms with Crippen LogP contribution in [0.25, 0.3) is 0 Å². The average Bonchev–Trinajstić information content (AvgIpc) is 3.02. The largest absolute Gasteiger partial charge is 0.456 e. The number of hydrogen-bond acceptors (Lipinski definition) is 5. The van der Waals surface area contributed by atoms with E-state index < -0.39 is 11.9 Å². The summed E-state index contributed by atoms with van der Waals surface area (Å²) in [6.07, 6.45) is 1.31. The predicted molar refractivity (Wildman–Crippen MR) is 116 cm³/mol. The van der Waals surface area contributed by atoms with E-state index in [9.17, 15) is 19.2 Å². The molecule has 1 aliphatic rings. The fourth-order valence-corrected chi connectivity index (χ4v) is 3.37. The second-order valence-electron chi connectivity index (χ2n) is 7.55. The third kappa shape index (κ3) is 5.36. The standard InChI is InChI=1S/C24H26N2O5/c1-3-16(2)17-10-12-18(13-11-17)25-21(27)15-31-22(28)9-6-14-26-23(29)19-7-4-5-8-20(19)24(26)30/h4-5,7-8,10-13,16H,3,6,9,14-15H2,1-2H3,(H,25,27)/t16-/m0/s1. The summed E-state index contributed by atoms with van der Waals surface area (Å²) in [7, 11) is 0. The maximum absolute atomic E-state index is 12.3. The van der Waals surface area contributed by atoms with E-state index >= 15 is 0 Å². The van der Waals surface area contributed by atoms with E-state index in [1.165, 1.54) is 5.56 Å². The lowest BCUT2D eigenvalue weighted by atomic mass is 9.99. The van der Waals surface area contributed by atoms with Crippen LogP contribution in [0.15, 0.2) is 48.5 Å². The second kappa shape index (κ2) is 10.0. The van der Waals surface area contributed by atoms with Crippen molar-refractivity contribution in [1.82, 2.24) is 4.90 Å². The van der Waals surface area contributed by atoms with Gasteiger partial charge in [-0.3, -0.25) is 24.1 Å². The van der Waals surface area contributed by atoms with Crippen molar-refractivity contribution in [2.24, 2.45) is 0 Å². The van der Waals surface area contributed by atoms with Crippen LogP contribution in [0.5, 0.6) is 0 Å². The highest BCUT2D eigenvalue weighted by Crippen LogP contribution is 2.23. The number of ether oxygens (including phenoxy) is 1. The molecule has 2 aromatic rings. The molecule has 0 saturated carbocycles. The molecule has 31 heavy (non-hydrogen) atoms. The summed E-state index contributed by atoms with van der Waals surface area (Å²) in [4.78, 5) is 49.6. The fourth-order valence-electron chi connectivity index (χ4n) is 3.37. The molecule has 0 aliphatic carbocycles. The Hall–Kier alpha value is -3.48. The van der Waals surface area contributed by atoms with Crippen LogP contribution in [0.1, 0.15) is 65.3 Å². The van der Waals surface area contributed by atoms with E-state index in [4.69, 9.17) is 4.74 Å². The van der Waals surface area contributed by atoms with Gasteiger partial charge in [0.05, 0.1) is 11.1 Å². The molecule has 0 fully saturated rings. The monoisotopic (exact) mass is 422 g/mol. The van der Waals surface area contributed by atoms with E-state index in [1.807, 2.05) is 24.3 Å². The molecule has 1 atom stereocenters. The summed E-state index contributed by atoms with van der Waals surface area (Å²) in [5.74, 6) is -1.24. The van der Waals surface area contributed by atoms with Crippen molar-refractivity contribution in [3.05, 3.63) is 65.2 Å². The summed E-state index contributed by atoms with van der Waals surface area (Å²) in [6.45, 7) is 3.99. The average molecular weight is 422 g/mol. The fraction of sp³-hybridized carbons (Fsp3) is 0.333. The Morgan fingerprint density at radius 1 is 1.00 bits per heavy atom. The molecule has 3 amide bonds. The number of rotatable bonds is 9. The van der Waals surface area contributed by atoms with Gasteiger partial charge in [0.25, 0.3) is 17.7 Å². The molecule has 162 valence electrons. The van der Waals surface area contributed by atoms with Crippen LogP contribution < -0.4 is 5.32 Å². The molecule has 1 aliphatic heterocycles. The first-order valence-corrected chi connectivity index (χ1v) is 10.4. The molecule has 7 heteroatoms. The molecule has 0 saturated heterocycles. The van der Waals surface area contributed by atoms with Gasteiger partial charge < -0.3 is 10.1 Å². The smallest absolute Gasteiger partial charge is 0.306 e. The summed E-state index contributed by atoms with van der Waals surface area (Å²) < 4.78 is 5.00. The van der Waals surface area contributed by atoms with Crippen LogP contribution in [-0.4, -0.2) is 41.7 Å². The van der Waals surface area contributed by atoms with Gasteiger partial charge >= 0.3 is 5.97 Å². The lowest BCUT2D eigenvalue weighted by molar-refractivity contribution is -0.147. The third-order valence-corrected chi connectivity index (χ3v) is 5.38. The number of hydrogen-bond donors (Lipinski definition) is 1. The minimum absolute atomic E-state index is 0.00425. The molecule has 1 heterocycles. The zero-order chi connectivity index (χ0) is 22.4. The minimum Gasteiger partial charge on any atom is -0.456 e. The maximum Gasteiger partial charge on any atom is 0.306 e. The van der Waals surface area contributed by atoms with Gasteiger partial charge in [0.1, 0.15) is 0 Å². The molecule has 2 aromatic carbocycles. The van der Waals surface area contributed by atoms with Crippen molar-refractivity contribution in [2.75, 3.05) is 18.5 Å². The summed E-state index contributed by atoms with van der Waals surface area (Å²) in [5, 5.41) is 2.69. The van der Waals surface area contributed by atoms with Crippen LogP contribution >= 0.6 is 0 Å². The van der Waals surface area contributed by atoms with Crippen molar-refractivity contribution < 1.29 is 23.9 Å². The Bertz CT molecular complexity index is 949. The molecule has 3 rings (SSSR count). The quantitative estimate of drug-likeness (QED) is 0.491. The van der Waals surface area contributed by atoms with Crippen LogP contribution in [0, 0.1) is 0 Å². The normalized spacial score (nSPS) is 13.7. The number of esters is 1. The van der Waals surface area contributed by atoms with Crippen molar-refractivity contribution in [3.63, 3.8) is 0 Å². The minimum atomic E-state index is -0.557. The van der Waals surface area contributed by atoms with Gasteiger partial charge in [0.2, 0.25) is 0 Å². The molecular formula is C24H26N2O5. The number of imide groups is 1. The lowest BCUT2D eigenvalue weighted by Crippen LogP contribution is -2.31. The Kier molecular flexibility index (Phi) is 7.18. The number of nitrogens with zero attached hydrogens (tertiary/aromatic N) is 1. The molecule has 7 nitrogen and oxygen atoms in total. The summed E-state index contributed by atoms with van der Waals surface area (Å²) >= 11 is 0. The highest BCUT2D eigenvalue weighted by atomic mass is 16.5. The lowest BCUT2D eigenvalue weighted by Gasteiger charge is -2.13. The molecule has 1 N–H and O–H groups in total. The predicted octanol–water partition coefficient (Wildman–Crippen LogP) is 3.76. The van der Waals surface area contributed by atoms with Crippen LogP contribution in [-0.2, 0) is 14.3 Å². The highest BCUT2D eigenvalue weighted by Gasteiger charge is 2.34. The van der Waals surface area contributed by atoms with Crippen LogP contribution in [0.3, 0.4) is 0 Å². The van der Waals surface area contributed by atoms with E-state index in [0.717, 1.165) is 11.3 Å². The van der Waals surface area contributed by atoms with Crippen LogP contribution in [0.2, 0.25) is 0 Å². The number of benzene rings is 2. The first-order valence-electron chi connectivity index (χ1n) is 10.4. The molecular weight excluding hydrogens is 396 g/mol. The molecule has 0 unspecified atom stereocenters. The SMILES string of the molecule is CC[C@H](C)c1ccc(NC(=O)COC(=O)CCCN2C(=O)c3ccccc3C2=O)cc1. The number of carbonyl (C=O) groups excluding carboxylic acids is 4. The van der Waals surface area contributed by atoms with Gasteiger partial charge in [-0.25, -0.2) is 0 Å². The van der Waals surface area contributed by atoms with Gasteiger partial charge in [-0.2, -0.15) is 0 Å². The van der Waals surface area contributed by atoms with Crippen molar-refractivity contribution in [2.45, 2.75) is 39.0 Å². The van der Waals surface area contributed by atoms with E-state index in [1.54, 1.807) is 24.3 Å². The number of fused-ring (bicyclic) bond motifs is 1. The Morgan fingerprint density at radius 2 is 1.61 bits per heavy atom.